The van der Waals surface area contributed by atoms with E-state index in [0.29, 0.717) is 0 Å². The van der Waals surface area contributed by atoms with Gasteiger partial charge >= 0.3 is 0 Å². The number of hydrogen-bond acceptors (Lipinski definition) is 1. The maximum atomic E-state index is 13.7. The highest BCUT2D eigenvalue weighted by molar-refractivity contribution is 6.08. The minimum atomic E-state index is -0.650. The van der Waals surface area contributed by atoms with Gasteiger partial charge in [-0.15, -0.1) is 0 Å². The lowest BCUT2D eigenvalue weighted by molar-refractivity contribution is -0.697. The van der Waals surface area contributed by atoms with Gasteiger partial charge in [-0.3, -0.25) is 0 Å². The summed E-state index contributed by atoms with van der Waals surface area (Å²) in [5.74, 6) is 0. The number of fused-ring (bicyclic) bond motifs is 7. The number of nitrogens with zero attached hydrogens (tertiary/aromatic N) is 1. The molecule has 2 nitrogen and oxygen atoms in total. The molecule has 0 bridgehead atoms. The third kappa shape index (κ3) is 2.09. The Morgan fingerprint density at radius 1 is 0.571 bits per heavy atom. The van der Waals surface area contributed by atoms with Crippen LogP contribution in [0, 0.1) is 4.91 Å². The summed E-state index contributed by atoms with van der Waals surface area (Å²) in [7, 11) is 0. The lowest BCUT2D eigenvalue weighted by atomic mass is 9.82. The van der Waals surface area contributed by atoms with Crippen LogP contribution in [0.25, 0.3) is 32.7 Å². The SMILES string of the molecule is CC1(C)c2ccc3ccccc3c2-c2c(ccc3ccccc23)C(C)(C)[N+]1=O. The molecule has 0 spiro atoms. The molecule has 0 aromatic heterocycles. The van der Waals surface area contributed by atoms with E-state index in [4.69, 9.17) is 0 Å². The van der Waals surface area contributed by atoms with Crippen LogP contribution < -0.4 is 0 Å². The summed E-state index contributed by atoms with van der Waals surface area (Å²) in [5.41, 5.74) is 3.27. The Morgan fingerprint density at radius 3 is 1.39 bits per heavy atom. The maximum absolute atomic E-state index is 13.7. The standard InChI is InChI=1S/C26H24NO/c1-25(2)21-15-13-17-9-5-7-11-19(17)23(21)24-20-12-8-6-10-18(20)14-16-22(24)26(3,4)27(25)28/h5-16H,1-4H3/q+1. The van der Waals surface area contributed by atoms with E-state index < -0.39 is 11.1 Å². The van der Waals surface area contributed by atoms with Gasteiger partial charge < -0.3 is 0 Å². The Balaban J connectivity index is 2.10. The second kappa shape index (κ2) is 5.51. The van der Waals surface area contributed by atoms with Crippen molar-refractivity contribution in [2.75, 3.05) is 0 Å². The monoisotopic (exact) mass is 366 g/mol. The van der Waals surface area contributed by atoms with Crippen molar-refractivity contribution in [3.8, 4) is 11.1 Å². The van der Waals surface area contributed by atoms with Crippen molar-refractivity contribution in [1.29, 1.82) is 0 Å². The lowest BCUT2D eigenvalue weighted by Crippen LogP contribution is -2.42. The molecule has 0 saturated carbocycles. The molecule has 0 amide bonds. The molecule has 0 N–H and O–H groups in total. The smallest absolute Gasteiger partial charge is 0.0616 e. The average Bonchev–Trinajstić information content (AvgIpc) is 2.75. The van der Waals surface area contributed by atoms with Crippen LogP contribution in [0.2, 0.25) is 0 Å². The molecule has 0 radical (unpaired) electrons. The average molecular weight is 366 g/mol. The quantitative estimate of drug-likeness (QED) is 0.309. The van der Waals surface area contributed by atoms with Crippen LogP contribution in [0.1, 0.15) is 38.8 Å². The van der Waals surface area contributed by atoms with Gasteiger partial charge in [-0.2, -0.15) is 0 Å². The fraction of sp³-hybridized carbons (Fsp3) is 0.231. The van der Waals surface area contributed by atoms with Gasteiger partial charge in [0.1, 0.15) is 0 Å². The molecule has 1 aliphatic rings. The van der Waals surface area contributed by atoms with Crippen molar-refractivity contribution in [2.24, 2.45) is 0 Å². The molecule has 28 heavy (non-hydrogen) atoms. The van der Waals surface area contributed by atoms with E-state index in [2.05, 4.69) is 72.8 Å². The van der Waals surface area contributed by atoms with E-state index in [1.807, 2.05) is 27.7 Å². The van der Waals surface area contributed by atoms with Crippen molar-refractivity contribution in [3.05, 3.63) is 88.8 Å². The van der Waals surface area contributed by atoms with E-state index in [0.717, 1.165) is 11.1 Å². The molecule has 2 heteroatoms. The summed E-state index contributed by atoms with van der Waals surface area (Å²) in [6.45, 7) is 8.18. The predicted octanol–water partition coefficient (Wildman–Crippen LogP) is 6.92. The number of hydrogen-bond donors (Lipinski definition) is 0. The Labute approximate surface area is 165 Å². The highest BCUT2D eigenvalue weighted by Gasteiger charge is 2.53. The van der Waals surface area contributed by atoms with Crippen molar-refractivity contribution >= 4 is 21.5 Å². The zero-order valence-electron chi connectivity index (χ0n) is 16.8. The fourth-order valence-corrected chi connectivity index (χ4v) is 5.02. The molecule has 138 valence electrons. The Kier molecular flexibility index (Phi) is 3.37. The minimum absolute atomic E-state index is 0.650. The summed E-state index contributed by atoms with van der Waals surface area (Å²) >= 11 is 0. The molecule has 4 aromatic carbocycles. The van der Waals surface area contributed by atoms with E-state index in [-0.39, 0.29) is 0 Å². The second-order valence-corrected chi connectivity index (χ2v) is 8.83. The highest BCUT2D eigenvalue weighted by Crippen LogP contribution is 2.50. The molecule has 1 aliphatic heterocycles. The van der Waals surface area contributed by atoms with E-state index in [9.17, 15) is 4.91 Å². The third-order valence-corrected chi connectivity index (χ3v) is 6.44. The summed E-state index contributed by atoms with van der Waals surface area (Å²) in [5, 5.41) is 4.81. The Bertz CT molecular complexity index is 1180. The number of nitroso groups, excluding NO2 is 1. The van der Waals surface area contributed by atoms with Crippen LogP contribution in [-0.2, 0) is 11.1 Å². The van der Waals surface area contributed by atoms with Crippen LogP contribution in [0.5, 0.6) is 0 Å². The van der Waals surface area contributed by atoms with Gasteiger partial charge in [0.25, 0.3) is 0 Å². The molecular weight excluding hydrogens is 342 g/mol. The Hall–Kier alpha value is -3.00. The maximum Gasteiger partial charge on any atom is 0.231 e. The second-order valence-electron chi connectivity index (χ2n) is 8.83. The molecular formula is C26H24NO+. The van der Waals surface area contributed by atoms with Gasteiger partial charge in [0.05, 0.1) is 0 Å². The van der Waals surface area contributed by atoms with Gasteiger partial charge in [0, 0.05) is 59.6 Å². The van der Waals surface area contributed by atoms with Crippen LogP contribution >= 0.6 is 0 Å². The van der Waals surface area contributed by atoms with E-state index >= 15 is 0 Å². The van der Waals surface area contributed by atoms with E-state index in [1.54, 1.807) is 0 Å². The summed E-state index contributed by atoms with van der Waals surface area (Å²) in [4.78, 5) is 13.7. The summed E-state index contributed by atoms with van der Waals surface area (Å²) < 4.78 is 1.29. The summed E-state index contributed by atoms with van der Waals surface area (Å²) in [6.07, 6.45) is 0. The lowest BCUT2D eigenvalue weighted by Gasteiger charge is -2.24. The molecule has 0 unspecified atom stereocenters. The van der Waals surface area contributed by atoms with Crippen molar-refractivity contribution < 1.29 is 4.76 Å². The highest BCUT2D eigenvalue weighted by atomic mass is 16.3. The van der Waals surface area contributed by atoms with E-state index in [1.165, 1.54) is 37.4 Å². The van der Waals surface area contributed by atoms with Crippen LogP contribution in [0.4, 0.5) is 0 Å². The number of benzene rings is 4. The van der Waals surface area contributed by atoms with Gasteiger partial charge in [-0.1, -0.05) is 72.8 Å². The zero-order chi connectivity index (χ0) is 19.7. The molecule has 4 aromatic rings. The van der Waals surface area contributed by atoms with Gasteiger partial charge in [0.2, 0.25) is 11.1 Å². The van der Waals surface area contributed by atoms with Gasteiger partial charge in [0.15, 0.2) is 0 Å². The molecule has 0 saturated heterocycles. The first-order valence-electron chi connectivity index (χ1n) is 9.86. The first-order chi connectivity index (χ1) is 13.3. The summed E-state index contributed by atoms with van der Waals surface area (Å²) in [6, 6.07) is 25.6. The predicted molar refractivity (Wildman–Crippen MR) is 117 cm³/mol. The largest absolute Gasteiger partial charge is 0.231 e. The van der Waals surface area contributed by atoms with Crippen LogP contribution in [-0.4, -0.2) is 4.76 Å². The number of rotatable bonds is 0. The van der Waals surface area contributed by atoms with Crippen LogP contribution in [0.15, 0.2) is 72.8 Å². The molecule has 5 rings (SSSR count). The molecule has 0 fully saturated rings. The molecule has 0 aliphatic carbocycles. The van der Waals surface area contributed by atoms with Crippen molar-refractivity contribution in [3.63, 3.8) is 0 Å². The van der Waals surface area contributed by atoms with Crippen LogP contribution in [0.3, 0.4) is 0 Å². The third-order valence-electron chi connectivity index (χ3n) is 6.44. The first kappa shape index (κ1) is 17.1. The fourth-order valence-electron chi connectivity index (χ4n) is 5.02. The zero-order valence-corrected chi connectivity index (χ0v) is 16.8. The van der Waals surface area contributed by atoms with Gasteiger partial charge in [-0.25, -0.2) is 0 Å². The van der Waals surface area contributed by atoms with Crippen molar-refractivity contribution in [2.45, 2.75) is 38.8 Å². The first-order valence-corrected chi connectivity index (χ1v) is 9.86. The Morgan fingerprint density at radius 2 is 0.964 bits per heavy atom. The normalized spacial score (nSPS) is 17.2. The molecule has 0 atom stereocenters. The topological polar surface area (TPSA) is 20.1 Å². The van der Waals surface area contributed by atoms with Gasteiger partial charge in [-0.05, 0) is 21.5 Å². The molecule has 1 heterocycles. The van der Waals surface area contributed by atoms with Crippen molar-refractivity contribution in [1.82, 2.24) is 0 Å². The minimum Gasteiger partial charge on any atom is -0.0616 e.